The normalized spacial score (nSPS) is 11.8. The Morgan fingerprint density at radius 1 is 1.19 bits per heavy atom. The van der Waals surface area contributed by atoms with Gasteiger partial charge in [-0.05, 0) is 11.5 Å². The molecule has 0 aromatic heterocycles. The van der Waals surface area contributed by atoms with E-state index >= 15 is 0 Å². The van der Waals surface area contributed by atoms with Crippen molar-refractivity contribution in [3.63, 3.8) is 0 Å². The van der Waals surface area contributed by atoms with Crippen molar-refractivity contribution < 1.29 is 18.1 Å². The van der Waals surface area contributed by atoms with Crippen molar-refractivity contribution in [2.24, 2.45) is 0 Å². The highest BCUT2D eigenvalue weighted by Gasteiger charge is 2.21. The molecule has 0 unspecified atom stereocenters. The molecule has 0 radical (unpaired) electrons. The average Bonchev–Trinajstić information content (AvgIpc) is 2.17. The maximum atomic E-state index is 11.2. The third kappa shape index (κ3) is 1.58. The second-order valence-corrected chi connectivity index (χ2v) is 4.70. The summed E-state index contributed by atoms with van der Waals surface area (Å²) in [6.45, 7) is 0. The van der Waals surface area contributed by atoms with Crippen LogP contribution in [0.3, 0.4) is 0 Å². The van der Waals surface area contributed by atoms with E-state index in [0.717, 1.165) is 0 Å². The van der Waals surface area contributed by atoms with Crippen molar-refractivity contribution >= 4 is 26.6 Å². The van der Waals surface area contributed by atoms with Crippen LogP contribution in [0.25, 0.3) is 10.8 Å². The minimum atomic E-state index is -4.51. The molecule has 2 rings (SSSR count). The largest absolute Gasteiger partial charge is 0.504 e. The van der Waals surface area contributed by atoms with Crippen LogP contribution in [0.15, 0.2) is 35.2 Å². The summed E-state index contributed by atoms with van der Waals surface area (Å²) in [6.07, 6.45) is 0. The second-order valence-electron chi connectivity index (χ2n) is 3.34. The summed E-state index contributed by atoms with van der Waals surface area (Å²) in [5.41, 5.74) is 5.37. The summed E-state index contributed by atoms with van der Waals surface area (Å²) < 4.78 is 31.4. The van der Waals surface area contributed by atoms with Gasteiger partial charge in [-0.1, -0.05) is 24.3 Å². The molecule has 0 bridgehead atoms. The Morgan fingerprint density at radius 3 is 2.44 bits per heavy atom. The zero-order valence-corrected chi connectivity index (χ0v) is 8.90. The third-order valence-corrected chi connectivity index (χ3v) is 3.19. The van der Waals surface area contributed by atoms with E-state index in [1.54, 1.807) is 18.2 Å². The predicted molar refractivity (Wildman–Crippen MR) is 59.8 cm³/mol. The highest BCUT2D eigenvalue weighted by atomic mass is 32.2. The molecule has 0 amide bonds. The third-order valence-electron chi connectivity index (χ3n) is 2.26. The Labute approximate surface area is 91.9 Å². The number of fused-ring (bicyclic) bond motifs is 1. The van der Waals surface area contributed by atoms with Crippen molar-refractivity contribution in [1.29, 1.82) is 0 Å². The van der Waals surface area contributed by atoms with Crippen LogP contribution in [-0.4, -0.2) is 18.1 Å². The van der Waals surface area contributed by atoms with Gasteiger partial charge in [0.15, 0.2) is 5.75 Å². The van der Waals surface area contributed by atoms with E-state index < -0.39 is 20.8 Å². The Kier molecular flexibility index (Phi) is 2.25. The molecule has 0 heterocycles. The molecule has 16 heavy (non-hydrogen) atoms. The Morgan fingerprint density at radius 2 is 1.81 bits per heavy atom. The van der Waals surface area contributed by atoms with E-state index in [1.807, 2.05) is 0 Å². The highest BCUT2D eigenvalue weighted by molar-refractivity contribution is 7.86. The molecule has 0 atom stereocenters. The molecule has 4 N–H and O–H groups in total. The van der Waals surface area contributed by atoms with E-state index in [0.29, 0.717) is 5.39 Å². The molecule has 0 spiro atoms. The molecule has 0 saturated heterocycles. The number of hydrogen-bond donors (Lipinski definition) is 3. The summed E-state index contributed by atoms with van der Waals surface area (Å²) in [7, 11) is -4.51. The van der Waals surface area contributed by atoms with Crippen LogP contribution in [0.1, 0.15) is 0 Å². The molecular weight excluding hydrogens is 230 g/mol. The van der Waals surface area contributed by atoms with Crippen LogP contribution in [0, 0.1) is 0 Å². The predicted octanol–water partition coefficient (Wildman–Crippen LogP) is 1.37. The van der Waals surface area contributed by atoms with Gasteiger partial charge in [-0.25, -0.2) is 0 Å². The average molecular weight is 239 g/mol. The van der Waals surface area contributed by atoms with Gasteiger partial charge in [0.25, 0.3) is 10.1 Å². The number of anilines is 1. The summed E-state index contributed by atoms with van der Waals surface area (Å²) in [5, 5.41) is 10.3. The van der Waals surface area contributed by atoms with Crippen LogP contribution in [0.5, 0.6) is 5.75 Å². The molecule has 0 saturated carbocycles. The molecule has 0 aliphatic carbocycles. The molecule has 0 aliphatic rings. The summed E-state index contributed by atoms with van der Waals surface area (Å²) in [6, 6.07) is 7.87. The van der Waals surface area contributed by atoms with Crippen LogP contribution >= 0.6 is 0 Å². The Bertz CT molecular complexity index is 664. The fourth-order valence-electron chi connectivity index (χ4n) is 1.59. The minimum Gasteiger partial charge on any atom is -0.504 e. The van der Waals surface area contributed by atoms with Gasteiger partial charge in [-0.2, -0.15) is 8.42 Å². The molecule has 2 aromatic carbocycles. The summed E-state index contributed by atoms with van der Waals surface area (Å²) in [5.74, 6) is -0.624. The van der Waals surface area contributed by atoms with Gasteiger partial charge in [0.2, 0.25) is 0 Å². The first-order valence-corrected chi connectivity index (χ1v) is 5.83. The lowest BCUT2D eigenvalue weighted by molar-refractivity contribution is 0.447. The maximum absolute atomic E-state index is 11.2. The number of rotatable bonds is 1. The molecule has 6 heteroatoms. The van der Waals surface area contributed by atoms with E-state index in [1.165, 1.54) is 12.1 Å². The lowest BCUT2D eigenvalue weighted by Gasteiger charge is -2.08. The zero-order chi connectivity index (χ0) is 11.9. The smallest absolute Gasteiger partial charge is 0.298 e. The molecule has 5 nitrogen and oxygen atoms in total. The number of benzene rings is 2. The maximum Gasteiger partial charge on any atom is 0.298 e. The van der Waals surface area contributed by atoms with Gasteiger partial charge < -0.3 is 10.8 Å². The Balaban J connectivity index is 3.05. The SMILES string of the molecule is Nc1cc2ccccc2c(S(=O)(=O)O)c1O. The van der Waals surface area contributed by atoms with Gasteiger partial charge in [-0.15, -0.1) is 0 Å². The standard InChI is InChI=1S/C10H9NO4S/c11-8-5-6-3-1-2-4-7(6)10(9(8)12)16(13,14)15/h1-5,12H,11H2,(H,13,14,15). The molecular formula is C10H9NO4S. The van der Waals surface area contributed by atoms with Crippen molar-refractivity contribution in [1.82, 2.24) is 0 Å². The van der Waals surface area contributed by atoms with Crippen molar-refractivity contribution in [3.8, 4) is 5.75 Å². The van der Waals surface area contributed by atoms with Crippen LogP contribution in [0.2, 0.25) is 0 Å². The van der Waals surface area contributed by atoms with Gasteiger partial charge in [-0.3, -0.25) is 4.55 Å². The number of nitrogen functional groups attached to an aromatic ring is 1. The fourth-order valence-corrected chi connectivity index (χ4v) is 2.41. The number of phenolic OH excluding ortho intramolecular Hbond substituents is 1. The van der Waals surface area contributed by atoms with Gasteiger partial charge in [0.05, 0.1) is 5.69 Å². The second kappa shape index (κ2) is 3.36. The lowest BCUT2D eigenvalue weighted by atomic mass is 10.1. The van der Waals surface area contributed by atoms with Crippen LogP contribution in [0.4, 0.5) is 5.69 Å². The van der Waals surface area contributed by atoms with Crippen molar-refractivity contribution in [2.75, 3.05) is 5.73 Å². The van der Waals surface area contributed by atoms with Crippen LogP contribution < -0.4 is 5.73 Å². The lowest BCUT2D eigenvalue weighted by Crippen LogP contribution is -2.01. The highest BCUT2D eigenvalue weighted by Crippen LogP contribution is 2.36. The van der Waals surface area contributed by atoms with Crippen molar-refractivity contribution in [3.05, 3.63) is 30.3 Å². The Hall–Kier alpha value is -1.79. The van der Waals surface area contributed by atoms with E-state index in [4.69, 9.17) is 10.3 Å². The van der Waals surface area contributed by atoms with E-state index in [2.05, 4.69) is 0 Å². The first kappa shape index (κ1) is 10.7. The minimum absolute atomic E-state index is 0.0914. The molecule has 84 valence electrons. The molecule has 2 aromatic rings. The van der Waals surface area contributed by atoms with E-state index in [-0.39, 0.29) is 11.1 Å². The zero-order valence-electron chi connectivity index (χ0n) is 8.08. The van der Waals surface area contributed by atoms with Crippen molar-refractivity contribution in [2.45, 2.75) is 4.90 Å². The molecule has 0 fully saturated rings. The first-order chi connectivity index (χ1) is 7.41. The fraction of sp³-hybridized carbons (Fsp3) is 0. The number of nitrogens with two attached hydrogens (primary N) is 1. The van der Waals surface area contributed by atoms with Crippen LogP contribution in [-0.2, 0) is 10.1 Å². The number of hydrogen-bond acceptors (Lipinski definition) is 4. The topological polar surface area (TPSA) is 101 Å². The van der Waals surface area contributed by atoms with E-state index in [9.17, 15) is 13.5 Å². The summed E-state index contributed by atoms with van der Waals surface area (Å²) in [4.78, 5) is -0.553. The summed E-state index contributed by atoms with van der Waals surface area (Å²) >= 11 is 0. The van der Waals surface area contributed by atoms with Gasteiger partial charge >= 0.3 is 0 Å². The quantitative estimate of drug-likeness (QED) is 0.396. The first-order valence-electron chi connectivity index (χ1n) is 4.39. The monoisotopic (exact) mass is 239 g/mol. The molecule has 0 aliphatic heterocycles. The van der Waals surface area contributed by atoms with Gasteiger partial charge in [0.1, 0.15) is 4.90 Å². The van der Waals surface area contributed by atoms with Gasteiger partial charge in [0, 0.05) is 5.39 Å². The number of phenols is 1. The number of aromatic hydroxyl groups is 1.